The van der Waals surface area contributed by atoms with E-state index in [9.17, 15) is 4.79 Å². The Bertz CT molecular complexity index is 444. The number of anilines is 2. The third kappa shape index (κ3) is 3.56. The Kier molecular flexibility index (Phi) is 4.58. The molecule has 0 radical (unpaired) electrons. The van der Waals surface area contributed by atoms with Gasteiger partial charge in [0.05, 0.1) is 0 Å². The maximum Gasteiger partial charge on any atom is 0.251 e. The monoisotopic (exact) mass is 279 g/mol. The van der Waals surface area contributed by atoms with Crippen LogP contribution in [0.1, 0.15) is 36.0 Å². The first kappa shape index (κ1) is 14.1. The minimum Gasteiger partial charge on any atom is -0.399 e. The molecule has 1 aliphatic carbocycles. The number of rotatable bonds is 3. The lowest BCUT2D eigenvalue weighted by Crippen LogP contribution is -2.43. The summed E-state index contributed by atoms with van der Waals surface area (Å²) >= 11 is 1.83. The summed E-state index contributed by atoms with van der Waals surface area (Å²) in [5, 5.41) is 3.63. The average Bonchev–Trinajstić information content (AvgIpc) is 2.38. The van der Waals surface area contributed by atoms with Crippen LogP contribution in [-0.2, 0) is 0 Å². The van der Waals surface area contributed by atoms with E-state index in [4.69, 9.17) is 11.5 Å². The van der Waals surface area contributed by atoms with Gasteiger partial charge >= 0.3 is 0 Å². The smallest absolute Gasteiger partial charge is 0.251 e. The number of nitrogens with one attached hydrogen (secondary N) is 1. The fourth-order valence-corrected chi connectivity index (χ4v) is 3.54. The Hall–Kier alpha value is -1.36. The fourth-order valence-electron chi connectivity index (χ4n) is 2.60. The molecule has 104 valence electrons. The lowest BCUT2D eigenvalue weighted by molar-refractivity contribution is 0.0929. The molecule has 2 unspecified atom stereocenters. The van der Waals surface area contributed by atoms with Crippen molar-refractivity contribution in [1.29, 1.82) is 0 Å². The van der Waals surface area contributed by atoms with E-state index in [1.807, 2.05) is 11.8 Å². The molecule has 19 heavy (non-hydrogen) atoms. The normalized spacial score (nSPS) is 23.0. The van der Waals surface area contributed by atoms with E-state index in [0.717, 1.165) is 6.42 Å². The Balaban J connectivity index is 2.07. The highest BCUT2D eigenvalue weighted by atomic mass is 32.2. The molecule has 2 atom stereocenters. The highest BCUT2D eigenvalue weighted by Gasteiger charge is 2.26. The van der Waals surface area contributed by atoms with Crippen molar-refractivity contribution in [2.45, 2.75) is 37.0 Å². The fraction of sp³-hybridized carbons (Fsp3) is 0.500. The summed E-state index contributed by atoms with van der Waals surface area (Å²) < 4.78 is 0. The van der Waals surface area contributed by atoms with Crippen LogP contribution >= 0.6 is 11.8 Å². The molecule has 1 aromatic carbocycles. The van der Waals surface area contributed by atoms with Crippen molar-refractivity contribution in [3.63, 3.8) is 0 Å². The lowest BCUT2D eigenvalue weighted by Gasteiger charge is -2.31. The highest BCUT2D eigenvalue weighted by Crippen LogP contribution is 2.27. The maximum atomic E-state index is 12.2. The molecular weight excluding hydrogens is 258 g/mol. The molecule has 1 aromatic rings. The molecule has 1 fully saturated rings. The minimum atomic E-state index is -0.0787. The zero-order valence-corrected chi connectivity index (χ0v) is 12.0. The van der Waals surface area contributed by atoms with Gasteiger partial charge in [-0.3, -0.25) is 4.79 Å². The van der Waals surface area contributed by atoms with Gasteiger partial charge in [0.1, 0.15) is 0 Å². The van der Waals surface area contributed by atoms with Crippen LogP contribution in [0.15, 0.2) is 18.2 Å². The average molecular weight is 279 g/mol. The number of benzene rings is 1. The van der Waals surface area contributed by atoms with Crippen LogP contribution < -0.4 is 16.8 Å². The molecule has 4 nitrogen and oxygen atoms in total. The second-order valence-electron chi connectivity index (χ2n) is 5.03. The lowest BCUT2D eigenvalue weighted by atomic mass is 9.94. The van der Waals surface area contributed by atoms with Gasteiger partial charge in [-0.15, -0.1) is 0 Å². The Labute approximate surface area is 118 Å². The second-order valence-corrected chi connectivity index (χ2v) is 6.10. The molecule has 5 N–H and O–H groups in total. The summed E-state index contributed by atoms with van der Waals surface area (Å²) in [6.07, 6.45) is 6.76. The third-order valence-corrected chi connectivity index (χ3v) is 4.73. The minimum absolute atomic E-state index is 0.0787. The van der Waals surface area contributed by atoms with Crippen molar-refractivity contribution >= 4 is 29.0 Å². The van der Waals surface area contributed by atoms with E-state index < -0.39 is 0 Å². The van der Waals surface area contributed by atoms with E-state index in [-0.39, 0.29) is 11.9 Å². The van der Waals surface area contributed by atoms with Gasteiger partial charge in [-0.25, -0.2) is 0 Å². The molecule has 5 heteroatoms. The number of hydrogen-bond donors (Lipinski definition) is 3. The molecule has 0 aromatic heterocycles. The summed E-state index contributed by atoms with van der Waals surface area (Å²) in [6, 6.07) is 5.24. The van der Waals surface area contributed by atoms with Gasteiger partial charge in [0, 0.05) is 28.2 Å². The predicted molar refractivity (Wildman–Crippen MR) is 82.3 cm³/mol. The first-order valence-corrected chi connectivity index (χ1v) is 7.88. The van der Waals surface area contributed by atoms with Crippen LogP contribution in [0.25, 0.3) is 0 Å². The van der Waals surface area contributed by atoms with Crippen LogP contribution in [0.4, 0.5) is 11.4 Å². The largest absolute Gasteiger partial charge is 0.399 e. The van der Waals surface area contributed by atoms with E-state index in [1.165, 1.54) is 19.3 Å². The number of hydrogen-bond acceptors (Lipinski definition) is 4. The molecule has 1 saturated carbocycles. The summed E-state index contributed by atoms with van der Waals surface area (Å²) in [5.74, 6) is -0.0787. The quantitative estimate of drug-likeness (QED) is 0.741. The summed E-state index contributed by atoms with van der Waals surface area (Å²) in [7, 11) is 0. The van der Waals surface area contributed by atoms with Gasteiger partial charge in [0.2, 0.25) is 0 Å². The van der Waals surface area contributed by atoms with Gasteiger partial charge in [-0.1, -0.05) is 12.8 Å². The van der Waals surface area contributed by atoms with Crippen molar-refractivity contribution in [2.75, 3.05) is 17.7 Å². The Morgan fingerprint density at radius 1 is 1.21 bits per heavy atom. The van der Waals surface area contributed by atoms with Crippen molar-refractivity contribution < 1.29 is 4.79 Å². The van der Waals surface area contributed by atoms with Crippen LogP contribution in [-0.4, -0.2) is 23.5 Å². The van der Waals surface area contributed by atoms with Gasteiger partial charge in [0.25, 0.3) is 5.91 Å². The number of amides is 1. The van der Waals surface area contributed by atoms with Crippen LogP contribution in [0.2, 0.25) is 0 Å². The summed E-state index contributed by atoms with van der Waals surface area (Å²) in [6.45, 7) is 0. The maximum absolute atomic E-state index is 12.2. The number of nitrogen functional groups attached to an aromatic ring is 2. The first-order chi connectivity index (χ1) is 9.10. The Morgan fingerprint density at radius 2 is 1.84 bits per heavy atom. The second kappa shape index (κ2) is 6.19. The molecule has 0 saturated heterocycles. The molecule has 1 amide bonds. The van der Waals surface area contributed by atoms with E-state index in [2.05, 4.69) is 11.6 Å². The predicted octanol–water partition coefficient (Wildman–Crippen LogP) is 2.25. The SMILES string of the molecule is CSC1CCCCC1NC(=O)c1cc(N)cc(N)c1. The van der Waals surface area contributed by atoms with Gasteiger partial charge < -0.3 is 16.8 Å². The molecule has 0 heterocycles. The number of thioether (sulfide) groups is 1. The van der Waals surface area contributed by atoms with E-state index >= 15 is 0 Å². The molecule has 0 spiro atoms. The van der Waals surface area contributed by atoms with Crippen molar-refractivity contribution in [2.24, 2.45) is 0 Å². The standard InChI is InChI=1S/C14H21N3OS/c1-19-13-5-3-2-4-12(13)17-14(18)9-6-10(15)8-11(16)7-9/h6-8,12-13H,2-5,15-16H2,1H3,(H,17,18). The van der Waals surface area contributed by atoms with Crippen molar-refractivity contribution in [3.05, 3.63) is 23.8 Å². The Morgan fingerprint density at radius 3 is 2.47 bits per heavy atom. The van der Waals surface area contributed by atoms with Gasteiger partial charge in [-0.2, -0.15) is 11.8 Å². The summed E-state index contributed by atoms with van der Waals surface area (Å²) in [4.78, 5) is 12.2. The van der Waals surface area contributed by atoms with Crippen LogP contribution in [0, 0.1) is 0 Å². The van der Waals surface area contributed by atoms with Crippen LogP contribution in [0.3, 0.4) is 0 Å². The van der Waals surface area contributed by atoms with E-state index in [1.54, 1.807) is 18.2 Å². The highest BCUT2D eigenvalue weighted by molar-refractivity contribution is 7.99. The molecule has 0 bridgehead atoms. The van der Waals surface area contributed by atoms with Gasteiger partial charge in [0.15, 0.2) is 0 Å². The van der Waals surface area contributed by atoms with Crippen molar-refractivity contribution in [3.8, 4) is 0 Å². The molecule has 2 rings (SSSR count). The van der Waals surface area contributed by atoms with Crippen LogP contribution in [0.5, 0.6) is 0 Å². The van der Waals surface area contributed by atoms with E-state index in [0.29, 0.717) is 22.2 Å². The molecular formula is C14H21N3OS. The number of carbonyl (C=O) groups excluding carboxylic acids is 1. The zero-order valence-electron chi connectivity index (χ0n) is 11.2. The number of nitrogens with two attached hydrogens (primary N) is 2. The molecule has 0 aliphatic heterocycles. The number of carbonyl (C=O) groups is 1. The third-order valence-electron chi connectivity index (χ3n) is 3.56. The van der Waals surface area contributed by atoms with Crippen molar-refractivity contribution in [1.82, 2.24) is 5.32 Å². The molecule has 1 aliphatic rings. The van der Waals surface area contributed by atoms with Gasteiger partial charge in [-0.05, 0) is 37.3 Å². The topological polar surface area (TPSA) is 81.1 Å². The summed E-state index contributed by atoms with van der Waals surface area (Å²) in [5.41, 5.74) is 13.0. The zero-order chi connectivity index (χ0) is 13.8. The first-order valence-electron chi connectivity index (χ1n) is 6.60.